The Morgan fingerprint density at radius 1 is 1.17 bits per heavy atom. The summed E-state index contributed by atoms with van der Waals surface area (Å²) < 4.78 is 6.37. The van der Waals surface area contributed by atoms with E-state index in [4.69, 9.17) is 4.74 Å². The molecule has 1 aromatic heterocycles. The van der Waals surface area contributed by atoms with Gasteiger partial charge in [-0.2, -0.15) is 10.1 Å². The van der Waals surface area contributed by atoms with Gasteiger partial charge in [0.25, 0.3) is 0 Å². The first-order valence-electron chi connectivity index (χ1n) is 7.56. The van der Waals surface area contributed by atoms with Gasteiger partial charge in [-0.3, -0.25) is 4.90 Å². The summed E-state index contributed by atoms with van der Waals surface area (Å²) in [5, 5.41) is 14.4. The number of nitrogens with one attached hydrogen (secondary N) is 2. The van der Waals surface area contributed by atoms with Crippen LogP contribution in [0, 0.1) is 0 Å². The largest absolute Gasteiger partial charge is 0.379 e. The minimum Gasteiger partial charge on any atom is -0.379 e. The highest BCUT2D eigenvalue weighted by Crippen LogP contribution is 2.17. The number of aromatic nitrogens is 3. The van der Waals surface area contributed by atoms with Crippen molar-refractivity contribution in [3.8, 4) is 0 Å². The molecule has 1 aliphatic heterocycles. The molecule has 0 bridgehead atoms. The normalized spacial score (nSPS) is 15.3. The summed E-state index contributed by atoms with van der Waals surface area (Å²) in [5.41, 5.74) is 0.917. The Kier molecular flexibility index (Phi) is 5.73. The van der Waals surface area contributed by atoms with E-state index in [1.54, 1.807) is 6.20 Å². The summed E-state index contributed by atoms with van der Waals surface area (Å²) in [7, 11) is 0. The first-order valence-corrected chi connectivity index (χ1v) is 8.35. The zero-order chi connectivity index (χ0) is 15.9. The monoisotopic (exact) mass is 378 g/mol. The summed E-state index contributed by atoms with van der Waals surface area (Å²) in [6.07, 6.45) is 1.63. The molecule has 122 valence electrons. The van der Waals surface area contributed by atoms with Crippen molar-refractivity contribution in [2.75, 3.05) is 50.0 Å². The standard InChI is InChI=1S/C15H19BrN6O/c16-12-1-3-13(4-2-12)19-15-20-14(11-18-21-15)17-5-6-22-7-9-23-10-8-22/h1-4,11H,5-10H2,(H2,17,19,20,21). The van der Waals surface area contributed by atoms with Crippen LogP contribution in [0.3, 0.4) is 0 Å². The predicted molar refractivity (Wildman–Crippen MR) is 93.0 cm³/mol. The molecule has 23 heavy (non-hydrogen) atoms. The van der Waals surface area contributed by atoms with Crippen molar-refractivity contribution in [1.29, 1.82) is 0 Å². The molecule has 0 aliphatic carbocycles. The zero-order valence-electron chi connectivity index (χ0n) is 12.7. The first-order chi connectivity index (χ1) is 11.3. The van der Waals surface area contributed by atoms with Crippen LogP contribution in [0.15, 0.2) is 34.9 Å². The van der Waals surface area contributed by atoms with E-state index in [-0.39, 0.29) is 0 Å². The quantitative estimate of drug-likeness (QED) is 0.796. The Morgan fingerprint density at radius 3 is 2.74 bits per heavy atom. The number of rotatable bonds is 6. The van der Waals surface area contributed by atoms with E-state index in [0.717, 1.165) is 49.6 Å². The number of halogens is 1. The molecular formula is C15H19BrN6O. The molecule has 2 heterocycles. The summed E-state index contributed by atoms with van der Waals surface area (Å²) in [5.74, 6) is 1.19. The second-order valence-electron chi connectivity index (χ2n) is 5.18. The van der Waals surface area contributed by atoms with Crippen LogP contribution in [0.4, 0.5) is 17.5 Å². The van der Waals surface area contributed by atoms with Crippen molar-refractivity contribution < 1.29 is 4.74 Å². The predicted octanol–water partition coefficient (Wildman–Crippen LogP) is 2.12. The third-order valence-corrected chi connectivity index (χ3v) is 4.03. The highest BCUT2D eigenvalue weighted by Gasteiger charge is 2.09. The molecule has 0 saturated carbocycles. The lowest BCUT2D eigenvalue weighted by atomic mass is 10.3. The molecule has 0 spiro atoms. The Morgan fingerprint density at radius 2 is 1.96 bits per heavy atom. The first kappa shape index (κ1) is 16.1. The molecule has 2 aromatic rings. The average molecular weight is 379 g/mol. The Hall–Kier alpha value is -1.77. The van der Waals surface area contributed by atoms with E-state index in [1.807, 2.05) is 24.3 Å². The topological polar surface area (TPSA) is 75.2 Å². The highest BCUT2D eigenvalue weighted by atomic mass is 79.9. The van der Waals surface area contributed by atoms with Gasteiger partial charge < -0.3 is 15.4 Å². The maximum atomic E-state index is 5.34. The van der Waals surface area contributed by atoms with Crippen LogP contribution in [-0.4, -0.2) is 59.5 Å². The fourth-order valence-corrected chi connectivity index (χ4v) is 2.54. The van der Waals surface area contributed by atoms with Crippen LogP contribution >= 0.6 is 15.9 Å². The van der Waals surface area contributed by atoms with Crippen molar-refractivity contribution in [3.05, 3.63) is 34.9 Å². The minimum absolute atomic E-state index is 0.476. The van der Waals surface area contributed by atoms with Gasteiger partial charge in [0.2, 0.25) is 5.95 Å². The number of benzene rings is 1. The van der Waals surface area contributed by atoms with E-state index < -0.39 is 0 Å². The van der Waals surface area contributed by atoms with E-state index in [9.17, 15) is 0 Å². The summed E-state index contributed by atoms with van der Waals surface area (Å²) in [6.45, 7) is 5.38. The summed E-state index contributed by atoms with van der Waals surface area (Å²) >= 11 is 3.41. The van der Waals surface area contributed by atoms with Crippen molar-refractivity contribution in [3.63, 3.8) is 0 Å². The molecule has 0 unspecified atom stereocenters. The van der Waals surface area contributed by atoms with Crippen molar-refractivity contribution >= 4 is 33.4 Å². The molecule has 3 rings (SSSR count). The van der Waals surface area contributed by atoms with Crippen LogP contribution in [0.5, 0.6) is 0 Å². The van der Waals surface area contributed by atoms with Crippen molar-refractivity contribution in [2.45, 2.75) is 0 Å². The molecule has 7 nitrogen and oxygen atoms in total. The van der Waals surface area contributed by atoms with E-state index in [1.165, 1.54) is 0 Å². The molecule has 1 aromatic carbocycles. The number of ether oxygens (including phenoxy) is 1. The van der Waals surface area contributed by atoms with Crippen LogP contribution < -0.4 is 10.6 Å². The third kappa shape index (κ3) is 5.12. The smallest absolute Gasteiger partial charge is 0.249 e. The van der Waals surface area contributed by atoms with Gasteiger partial charge >= 0.3 is 0 Å². The number of hydrogen-bond donors (Lipinski definition) is 2. The average Bonchev–Trinajstić information content (AvgIpc) is 2.58. The van der Waals surface area contributed by atoms with Crippen LogP contribution in [-0.2, 0) is 4.74 Å². The van der Waals surface area contributed by atoms with Gasteiger partial charge in [0.1, 0.15) is 0 Å². The molecular weight excluding hydrogens is 360 g/mol. The molecule has 1 fully saturated rings. The fraction of sp³-hybridized carbons (Fsp3) is 0.400. The Labute approximate surface area is 143 Å². The summed E-state index contributed by atoms with van der Waals surface area (Å²) in [4.78, 5) is 6.79. The number of nitrogens with zero attached hydrogens (tertiary/aromatic N) is 4. The van der Waals surface area contributed by atoms with Gasteiger partial charge in [-0.25, -0.2) is 0 Å². The number of hydrogen-bond acceptors (Lipinski definition) is 7. The molecule has 0 amide bonds. The van der Waals surface area contributed by atoms with Gasteiger partial charge in [0.05, 0.1) is 19.4 Å². The van der Waals surface area contributed by atoms with Gasteiger partial charge in [-0.05, 0) is 24.3 Å². The Bertz CT molecular complexity index is 618. The molecule has 1 aliphatic rings. The van der Waals surface area contributed by atoms with Crippen LogP contribution in [0.25, 0.3) is 0 Å². The van der Waals surface area contributed by atoms with Gasteiger partial charge in [0, 0.05) is 36.3 Å². The second kappa shape index (κ2) is 8.19. The lowest BCUT2D eigenvalue weighted by Gasteiger charge is -2.26. The second-order valence-corrected chi connectivity index (χ2v) is 6.09. The van der Waals surface area contributed by atoms with E-state index >= 15 is 0 Å². The maximum Gasteiger partial charge on any atom is 0.249 e. The van der Waals surface area contributed by atoms with E-state index in [2.05, 4.69) is 46.6 Å². The molecule has 0 atom stereocenters. The number of morpholine rings is 1. The highest BCUT2D eigenvalue weighted by molar-refractivity contribution is 9.10. The van der Waals surface area contributed by atoms with Gasteiger partial charge in [-0.15, -0.1) is 5.10 Å². The third-order valence-electron chi connectivity index (χ3n) is 3.50. The fourth-order valence-electron chi connectivity index (χ4n) is 2.27. The molecule has 2 N–H and O–H groups in total. The molecule has 8 heteroatoms. The van der Waals surface area contributed by atoms with Crippen molar-refractivity contribution in [2.24, 2.45) is 0 Å². The van der Waals surface area contributed by atoms with Crippen LogP contribution in [0.1, 0.15) is 0 Å². The van der Waals surface area contributed by atoms with E-state index in [0.29, 0.717) is 11.8 Å². The molecule has 0 radical (unpaired) electrons. The number of anilines is 3. The van der Waals surface area contributed by atoms with Crippen LogP contribution in [0.2, 0.25) is 0 Å². The summed E-state index contributed by atoms with van der Waals surface area (Å²) in [6, 6.07) is 7.82. The maximum absolute atomic E-state index is 5.34. The SMILES string of the molecule is Brc1ccc(Nc2nncc(NCCN3CCOCC3)n2)cc1. The molecule has 1 saturated heterocycles. The van der Waals surface area contributed by atoms with Crippen molar-refractivity contribution in [1.82, 2.24) is 20.1 Å². The van der Waals surface area contributed by atoms with Gasteiger partial charge in [-0.1, -0.05) is 15.9 Å². The lowest BCUT2D eigenvalue weighted by molar-refractivity contribution is 0.0398. The van der Waals surface area contributed by atoms with Gasteiger partial charge in [0.15, 0.2) is 5.82 Å². The lowest BCUT2D eigenvalue weighted by Crippen LogP contribution is -2.39. The zero-order valence-corrected chi connectivity index (χ0v) is 14.3. The Balaban J connectivity index is 1.51. The minimum atomic E-state index is 0.476.